The number of aliphatic hydroxyl groups excluding tert-OH is 1. The van der Waals surface area contributed by atoms with Crippen LogP contribution in [-0.2, 0) is 6.54 Å². The summed E-state index contributed by atoms with van der Waals surface area (Å²) in [6.07, 6.45) is 0. The fourth-order valence-electron chi connectivity index (χ4n) is 3.54. The van der Waals surface area contributed by atoms with Crippen LogP contribution >= 0.6 is 11.6 Å². The van der Waals surface area contributed by atoms with Crippen molar-refractivity contribution in [2.45, 2.75) is 6.54 Å². The topological polar surface area (TPSA) is 56.9 Å². The molecule has 4 rings (SSSR count). The Labute approximate surface area is 156 Å². The molecule has 1 aromatic heterocycles. The Hall–Kier alpha value is -1.92. The lowest BCUT2D eigenvalue weighted by Crippen LogP contribution is -2.46. The normalized spacial score (nSPS) is 16.5. The number of fused-ring (bicyclic) bond motifs is 2. The third-order valence-corrected chi connectivity index (χ3v) is 5.22. The van der Waals surface area contributed by atoms with Gasteiger partial charge in [-0.15, -0.1) is 0 Å². The third kappa shape index (κ3) is 3.48. The van der Waals surface area contributed by atoms with Crippen LogP contribution in [0, 0.1) is 0 Å². The summed E-state index contributed by atoms with van der Waals surface area (Å²) in [5.74, 6) is 0. The molecule has 1 N–H and O–H groups in total. The SMILES string of the molecule is O=c1c2ccc(Cl)cc2oc2ccc(CN3CCN(CCO)CC3)cc12. The maximum atomic E-state index is 12.8. The Balaban J connectivity index is 1.60. The van der Waals surface area contributed by atoms with Crippen molar-refractivity contribution in [2.24, 2.45) is 0 Å². The van der Waals surface area contributed by atoms with Gasteiger partial charge in [-0.05, 0) is 29.8 Å². The first-order valence-corrected chi connectivity index (χ1v) is 9.22. The van der Waals surface area contributed by atoms with E-state index in [2.05, 4.69) is 9.80 Å². The van der Waals surface area contributed by atoms with Crippen molar-refractivity contribution in [1.29, 1.82) is 0 Å². The van der Waals surface area contributed by atoms with Crippen molar-refractivity contribution in [3.8, 4) is 0 Å². The van der Waals surface area contributed by atoms with Crippen LogP contribution < -0.4 is 5.43 Å². The summed E-state index contributed by atoms with van der Waals surface area (Å²) in [7, 11) is 0. The molecule has 0 bridgehead atoms. The van der Waals surface area contributed by atoms with E-state index < -0.39 is 0 Å². The molecular formula is C20H21ClN2O3. The van der Waals surface area contributed by atoms with Gasteiger partial charge >= 0.3 is 0 Å². The fourth-order valence-corrected chi connectivity index (χ4v) is 3.71. The minimum absolute atomic E-state index is 0.0208. The standard InChI is InChI=1S/C20H21ClN2O3/c21-15-2-3-16-19(12-15)26-18-4-1-14(11-17(18)20(16)25)13-23-7-5-22(6-8-23)9-10-24/h1-4,11-12,24H,5-10,13H2. The molecule has 0 radical (unpaired) electrons. The molecule has 0 saturated carbocycles. The summed E-state index contributed by atoms with van der Waals surface area (Å²) in [4.78, 5) is 17.5. The van der Waals surface area contributed by atoms with Gasteiger partial charge in [-0.3, -0.25) is 14.6 Å². The van der Waals surface area contributed by atoms with E-state index in [9.17, 15) is 4.79 Å². The highest BCUT2D eigenvalue weighted by atomic mass is 35.5. The number of halogens is 1. The minimum atomic E-state index is -0.0208. The highest BCUT2D eigenvalue weighted by molar-refractivity contribution is 6.31. The molecule has 1 aliphatic rings. The van der Waals surface area contributed by atoms with Gasteiger partial charge in [-0.1, -0.05) is 17.7 Å². The molecule has 0 spiro atoms. The molecule has 0 amide bonds. The average molecular weight is 373 g/mol. The number of piperazine rings is 1. The summed E-state index contributed by atoms with van der Waals surface area (Å²) in [6.45, 7) is 5.59. The molecule has 1 fully saturated rings. The first-order chi connectivity index (χ1) is 12.6. The van der Waals surface area contributed by atoms with Gasteiger partial charge in [0, 0.05) is 50.4 Å². The van der Waals surface area contributed by atoms with E-state index in [1.807, 2.05) is 18.2 Å². The van der Waals surface area contributed by atoms with Gasteiger partial charge in [-0.25, -0.2) is 0 Å². The van der Waals surface area contributed by atoms with Gasteiger partial charge in [0.15, 0.2) is 0 Å². The average Bonchev–Trinajstić information content (AvgIpc) is 2.64. The number of aliphatic hydroxyl groups is 1. The van der Waals surface area contributed by atoms with Crippen LogP contribution in [0.3, 0.4) is 0 Å². The number of benzene rings is 2. The van der Waals surface area contributed by atoms with Gasteiger partial charge in [0.05, 0.1) is 17.4 Å². The molecular weight excluding hydrogens is 352 g/mol. The molecule has 0 unspecified atom stereocenters. The van der Waals surface area contributed by atoms with Crippen LogP contribution in [0.1, 0.15) is 5.56 Å². The molecule has 1 aliphatic heterocycles. The van der Waals surface area contributed by atoms with Crippen molar-refractivity contribution in [2.75, 3.05) is 39.3 Å². The number of rotatable bonds is 4. The Kier molecular flexibility index (Phi) is 4.96. The Morgan fingerprint density at radius 1 is 0.962 bits per heavy atom. The second-order valence-corrected chi connectivity index (χ2v) is 7.18. The summed E-state index contributed by atoms with van der Waals surface area (Å²) >= 11 is 6.00. The smallest absolute Gasteiger partial charge is 0.200 e. The zero-order valence-electron chi connectivity index (χ0n) is 14.4. The fraction of sp³-hybridized carbons (Fsp3) is 0.350. The lowest BCUT2D eigenvalue weighted by atomic mass is 10.1. The van der Waals surface area contributed by atoms with E-state index in [0.29, 0.717) is 27.0 Å². The van der Waals surface area contributed by atoms with Gasteiger partial charge in [0.1, 0.15) is 11.2 Å². The third-order valence-electron chi connectivity index (χ3n) is 4.98. The molecule has 2 aromatic carbocycles. The zero-order valence-corrected chi connectivity index (χ0v) is 15.2. The van der Waals surface area contributed by atoms with Crippen LogP contribution in [0.2, 0.25) is 5.02 Å². The second-order valence-electron chi connectivity index (χ2n) is 6.74. The van der Waals surface area contributed by atoms with Crippen LogP contribution in [0.25, 0.3) is 21.9 Å². The van der Waals surface area contributed by atoms with E-state index in [0.717, 1.165) is 44.8 Å². The molecule has 136 valence electrons. The van der Waals surface area contributed by atoms with Crippen molar-refractivity contribution in [3.05, 3.63) is 57.2 Å². The number of β-amino-alcohol motifs (C(OH)–C–C–N with tert-alkyl or cyclic N) is 1. The van der Waals surface area contributed by atoms with Crippen molar-refractivity contribution >= 4 is 33.5 Å². The molecule has 3 aromatic rings. The van der Waals surface area contributed by atoms with E-state index >= 15 is 0 Å². The summed E-state index contributed by atoms with van der Waals surface area (Å²) < 4.78 is 5.87. The summed E-state index contributed by atoms with van der Waals surface area (Å²) in [6, 6.07) is 10.9. The number of hydrogen-bond donors (Lipinski definition) is 1. The molecule has 5 nitrogen and oxygen atoms in total. The van der Waals surface area contributed by atoms with E-state index in [1.165, 1.54) is 0 Å². The molecule has 1 saturated heterocycles. The highest BCUT2D eigenvalue weighted by Crippen LogP contribution is 2.23. The molecule has 0 atom stereocenters. The Morgan fingerprint density at radius 3 is 2.50 bits per heavy atom. The van der Waals surface area contributed by atoms with Crippen molar-refractivity contribution in [3.63, 3.8) is 0 Å². The first kappa shape index (κ1) is 17.5. The zero-order chi connectivity index (χ0) is 18.1. The quantitative estimate of drug-likeness (QED) is 0.714. The first-order valence-electron chi connectivity index (χ1n) is 8.84. The largest absolute Gasteiger partial charge is 0.456 e. The van der Waals surface area contributed by atoms with Crippen LogP contribution in [0.4, 0.5) is 0 Å². The van der Waals surface area contributed by atoms with Gasteiger partial charge < -0.3 is 9.52 Å². The molecule has 6 heteroatoms. The monoisotopic (exact) mass is 372 g/mol. The Bertz CT molecular complexity index is 993. The maximum absolute atomic E-state index is 12.8. The van der Waals surface area contributed by atoms with Crippen LogP contribution in [0.5, 0.6) is 0 Å². The van der Waals surface area contributed by atoms with Gasteiger partial charge in [0.25, 0.3) is 0 Å². The van der Waals surface area contributed by atoms with Crippen LogP contribution in [0.15, 0.2) is 45.6 Å². The lowest BCUT2D eigenvalue weighted by molar-refractivity contribution is 0.108. The van der Waals surface area contributed by atoms with E-state index in [4.69, 9.17) is 21.1 Å². The van der Waals surface area contributed by atoms with Gasteiger partial charge in [-0.2, -0.15) is 0 Å². The summed E-state index contributed by atoms with van der Waals surface area (Å²) in [5.41, 5.74) is 2.19. The molecule has 26 heavy (non-hydrogen) atoms. The van der Waals surface area contributed by atoms with Crippen molar-refractivity contribution < 1.29 is 9.52 Å². The minimum Gasteiger partial charge on any atom is -0.456 e. The Morgan fingerprint density at radius 2 is 1.73 bits per heavy atom. The number of nitrogens with zero attached hydrogens (tertiary/aromatic N) is 2. The van der Waals surface area contributed by atoms with Crippen LogP contribution in [-0.4, -0.2) is 54.2 Å². The lowest BCUT2D eigenvalue weighted by Gasteiger charge is -2.34. The van der Waals surface area contributed by atoms with E-state index in [1.54, 1.807) is 18.2 Å². The predicted octanol–water partition coefficient (Wildman–Crippen LogP) is 2.71. The maximum Gasteiger partial charge on any atom is 0.200 e. The highest BCUT2D eigenvalue weighted by Gasteiger charge is 2.17. The second kappa shape index (κ2) is 7.37. The molecule has 0 aliphatic carbocycles. The van der Waals surface area contributed by atoms with E-state index in [-0.39, 0.29) is 12.0 Å². The predicted molar refractivity (Wildman–Crippen MR) is 104 cm³/mol. The molecule has 2 heterocycles. The summed E-state index contributed by atoms with van der Waals surface area (Å²) in [5, 5.41) is 10.7. The number of hydrogen-bond acceptors (Lipinski definition) is 5. The van der Waals surface area contributed by atoms with Crippen molar-refractivity contribution in [1.82, 2.24) is 9.80 Å². The van der Waals surface area contributed by atoms with Gasteiger partial charge in [0.2, 0.25) is 5.43 Å².